The molecule has 0 bridgehead atoms. The minimum absolute atomic E-state index is 0.142. The molecule has 0 unspecified atom stereocenters. The summed E-state index contributed by atoms with van der Waals surface area (Å²) in [4.78, 5) is 15.0. The summed E-state index contributed by atoms with van der Waals surface area (Å²) in [5.74, 6) is 0.492. The molecule has 3 aromatic rings. The highest BCUT2D eigenvalue weighted by Gasteiger charge is 2.29. The maximum absolute atomic E-state index is 13.2. The Morgan fingerprint density at radius 3 is 2.29 bits per heavy atom. The lowest BCUT2D eigenvalue weighted by Crippen LogP contribution is -2.48. The van der Waals surface area contributed by atoms with Crippen molar-refractivity contribution >= 4 is 21.6 Å². The van der Waals surface area contributed by atoms with E-state index in [1.54, 1.807) is 25.3 Å². The smallest absolute Gasteiger partial charge is 0.251 e. The Balaban J connectivity index is 1.35. The summed E-state index contributed by atoms with van der Waals surface area (Å²) in [5, 5.41) is 2.87. The van der Waals surface area contributed by atoms with Crippen molar-refractivity contribution in [2.24, 2.45) is 0 Å². The predicted octanol–water partition coefficient (Wildman–Crippen LogP) is 3.18. The van der Waals surface area contributed by atoms with Crippen LogP contribution in [0.15, 0.2) is 83.8 Å². The molecule has 1 heterocycles. The lowest BCUT2D eigenvalue weighted by molar-refractivity contribution is 0.0954. The van der Waals surface area contributed by atoms with Gasteiger partial charge in [0.2, 0.25) is 10.0 Å². The summed E-state index contributed by atoms with van der Waals surface area (Å²) < 4.78 is 33.1. The molecule has 1 aliphatic rings. The van der Waals surface area contributed by atoms with Gasteiger partial charge in [-0.3, -0.25) is 4.79 Å². The van der Waals surface area contributed by atoms with E-state index < -0.39 is 10.0 Å². The average Bonchev–Trinajstić information content (AvgIpc) is 2.89. The van der Waals surface area contributed by atoms with E-state index in [9.17, 15) is 13.2 Å². The number of carbonyl (C=O) groups excluding carboxylic acids is 1. The van der Waals surface area contributed by atoms with Crippen LogP contribution in [0.1, 0.15) is 15.9 Å². The lowest BCUT2D eigenvalue weighted by Gasteiger charge is -2.35. The molecular formula is C26H29N3O4S. The Labute approximate surface area is 201 Å². The van der Waals surface area contributed by atoms with Gasteiger partial charge >= 0.3 is 0 Å². The predicted molar refractivity (Wildman–Crippen MR) is 133 cm³/mol. The number of ether oxygens (including phenoxy) is 1. The third-order valence-corrected chi connectivity index (χ3v) is 7.85. The molecule has 0 aliphatic carbocycles. The Bertz CT molecular complexity index is 1210. The molecule has 7 nitrogen and oxygen atoms in total. The lowest BCUT2D eigenvalue weighted by atomic mass is 10.1. The molecule has 0 radical (unpaired) electrons. The van der Waals surface area contributed by atoms with Crippen molar-refractivity contribution in [1.29, 1.82) is 0 Å². The Morgan fingerprint density at radius 1 is 0.912 bits per heavy atom. The number of benzene rings is 3. The molecule has 0 aromatic heterocycles. The van der Waals surface area contributed by atoms with Crippen LogP contribution in [-0.4, -0.2) is 58.5 Å². The number of hydrogen-bond acceptors (Lipinski definition) is 5. The first-order valence-corrected chi connectivity index (χ1v) is 12.7. The van der Waals surface area contributed by atoms with Crippen molar-refractivity contribution < 1.29 is 17.9 Å². The highest BCUT2D eigenvalue weighted by molar-refractivity contribution is 7.89. The second-order valence-electron chi connectivity index (χ2n) is 8.11. The van der Waals surface area contributed by atoms with E-state index in [2.05, 4.69) is 10.2 Å². The van der Waals surface area contributed by atoms with Gasteiger partial charge < -0.3 is 15.0 Å². The fourth-order valence-corrected chi connectivity index (χ4v) is 5.46. The average molecular weight is 480 g/mol. The number of sulfonamides is 1. The number of piperazine rings is 1. The molecule has 3 aromatic carbocycles. The van der Waals surface area contributed by atoms with Crippen molar-refractivity contribution in [2.75, 3.05) is 44.7 Å². The summed E-state index contributed by atoms with van der Waals surface area (Å²) in [6.07, 6.45) is 0.666. The minimum Gasteiger partial charge on any atom is -0.497 e. The third kappa shape index (κ3) is 5.58. The Morgan fingerprint density at radius 2 is 1.62 bits per heavy atom. The fourth-order valence-electron chi connectivity index (χ4n) is 3.99. The van der Waals surface area contributed by atoms with Crippen LogP contribution < -0.4 is 15.0 Å². The van der Waals surface area contributed by atoms with Crippen LogP contribution in [0, 0.1) is 0 Å². The van der Waals surface area contributed by atoms with E-state index in [0.717, 1.165) is 17.0 Å². The summed E-state index contributed by atoms with van der Waals surface area (Å²) >= 11 is 0. The van der Waals surface area contributed by atoms with Gasteiger partial charge in [-0.1, -0.05) is 36.4 Å². The van der Waals surface area contributed by atoms with Crippen LogP contribution in [0.2, 0.25) is 0 Å². The van der Waals surface area contributed by atoms with Gasteiger partial charge in [0.15, 0.2) is 0 Å². The van der Waals surface area contributed by atoms with Crippen molar-refractivity contribution in [3.8, 4) is 5.75 Å². The zero-order valence-corrected chi connectivity index (χ0v) is 20.0. The van der Waals surface area contributed by atoms with E-state index in [1.165, 1.54) is 10.4 Å². The summed E-state index contributed by atoms with van der Waals surface area (Å²) in [5.41, 5.74) is 2.50. The fraction of sp³-hybridized carbons (Fsp3) is 0.269. The summed E-state index contributed by atoms with van der Waals surface area (Å²) in [6.45, 7) is 2.48. The normalized spacial score (nSPS) is 14.6. The molecule has 1 N–H and O–H groups in total. The monoisotopic (exact) mass is 479 g/mol. The second kappa shape index (κ2) is 10.7. The quantitative estimate of drug-likeness (QED) is 0.537. The van der Waals surface area contributed by atoms with Crippen molar-refractivity contribution in [3.63, 3.8) is 0 Å². The first kappa shape index (κ1) is 23.8. The van der Waals surface area contributed by atoms with Crippen molar-refractivity contribution in [2.45, 2.75) is 11.3 Å². The molecule has 1 saturated heterocycles. The highest BCUT2D eigenvalue weighted by Crippen LogP contribution is 2.22. The molecular weight excluding hydrogens is 450 g/mol. The number of nitrogens with zero attached hydrogens (tertiary/aromatic N) is 2. The van der Waals surface area contributed by atoms with Crippen LogP contribution >= 0.6 is 0 Å². The summed E-state index contributed by atoms with van der Waals surface area (Å²) in [6, 6.07) is 23.9. The van der Waals surface area contributed by atoms with E-state index in [-0.39, 0.29) is 10.8 Å². The number of nitrogens with one attached hydrogen (secondary N) is 1. The topological polar surface area (TPSA) is 78.9 Å². The van der Waals surface area contributed by atoms with Crippen molar-refractivity contribution in [1.82, 2.24) is 9.62 Å². The minimum atomic E-state index is -3.68. The van der Waals surface area contributed by atoms with Gasteiger partial charge in [0.05, 0.1) is 12.0 Å². The molecule has 8 heteroatoms. The third-order valence-electron chi connectivity index (χ3n) is 5.95. The zero-order chi connectivity index (χ0) is 24.0. The molecule has 0 spiro atoms. The first-order valence-electron chi connectivity index (χ1n) is 11.3. The number of para-hydroxylation sites is 1. The number of hydrogen-bond donors (Lipinski definition) is 1. The van der Waals surface area contributed by atoms with Gasteiger partial charge in [-0.25, -0.2) is 8.42 Å². The second-order valence-corrected chi connectivity index (χ2v) is 10.0. The van der Waals surface area contributed by atoms with Gasteiger partial charge in [0, 0.05) is 44.0 Å². The molecule has 4 rings (SSSR count). The van der Waals surface area contributed by atoms with Crippen LogP contribution in [0.3, 0.4) is 0 Å². The van der Waals surface area contributed by atoms with Gasteiger partial charge in [-0.15, -0.1) is 0 Å². The molecule has 1 amide bonds. The number of amides is 1. The standard InChI is InChI=1S/C26H29N3O4S/c1-33-24-12-10-21(11-13-24)14-15-27-26(30)22-6-5-9-25(20-22)34(31,32)29-18-16-28(17-19-29)23-7-3-2-4-8-23/h2-13,20H,14-19H2,1H3,(H,27,30). The summed E-state index contributed by atoms with van der Waals surface area (Å²) in [7, 11) is -2.06. The van der Waals surface area contributed by atoms with Crippen molar-refractivity contribution in [3.05, 3.63) is 90.0 Å². The number of rotatable bonds is 8. The maximum Gasteiger partial charge on any atom is 0.251 e. The largest absolute Gasteiger partial charge is 0.497 e. The zero-order valence-electron chi connectivity index (χ0n) is 19.2. The SMILES string of the molecule is COc1ccc(CCNC(=O)c2cccc(S(=O)(=O)N3CCN(c4ccccc4)CC3)c2)cc1. The Hall–Kier alpha value is -3.36. The van der Waals surface area contributed by atoms with Crippen LogP contribution in [0.25, 0.3) is 0 Å². The van der Waals surface area contributed by atoms with E-state index >= 15 is 0 Å². The maximum atomic E-state index is 13.2. The van der Waals surface area contributed by atoms with E-state index in [1.807, 2.05) is 54.6 Å². The van der Waals surface area contributed by atoms with Crippen LogP contribution in [0.5, 0.6) is 5.75 Å². The van der Waals surface area contributed by atoms with Gasteiger partial charge in [0.25, 0.3) is 5.91 Å². The van der Waals surface area contributed by atoms with Gasteiger partial charge in [0.1, 0.15) is 5.75 Å². The van der Waals surface area contributed by atoms with Gasteiger partial charge in [-0.05, 0) is 54.4 Å². The highest BCUT2D eigenvalue weighted by atomic mass is 32.2. The van der Waals surface area contributed by atoms with Crippen LogP contribution in [0.4, 0.5) is 5.69 Å². The molecule has 34 heavy (non-hydrogen) atoms. The Kier molecular flexibility index (Phi) is 7.49. The number of methoxy groups -OCH3 is 1. The molecule has 1 fully saturated rings. The number of carbonyl (C=O) groups is 1. The molecule has 178 valence electrons. The molecule has 1 aliphatic heterocycles. The van der Waals surface area contributed by atoms with Gasteiger partial charge in [-0.2, -0.15) is 4.31 Å². The molecule has 0 atom stereocenters. The van der Waals surface area contributed by atoms with E-state index in [0.29, 0.717) is 44.7 Å². The van der Waals surface area contributed by atoms with Crippen LogP contribution in [-0.2, 0) is 16.4 Å². The number of anilines is 1. The van der Waals surface area contributed by atoms with E-state index in [4.69, 9.17) is 4.74 Å². The first-order chi connectivity index (χ1) is 16.5. The molecule has 0 saturated carbocycles.